The summed E-state index contributed by atoms with van der Waals surface area (Å²) in [4.78, 5) is 26.2. The van der Waals surface area contributed by atoms with Gasteiger partial charge in [0.15, 0.2) is 5.65 Å². The van der Waals surface area contributed by atoms with Crippen LogP contribution >= 0.6 is 11.3 Å². The van der Waals surface area contributed by atoms with Gasteiger partial charge in [-0.3, -0.25) is 4.79 Å². The minimum absolute atomic E-state index is 0.0503. The van der Waals surface area contributed by atoms with Gasteiger partial charge in [0.1, 0.15) is 11.2 Å². The third-order valence-electron chi connectivity index (χ3n) is 5.30. The van der Waals surface area contributed by atoms with Crippen molar-refractivity contribution in [3.05, 3.63) is 22.6 Å². The van der Waals surface area contributed by atoms with Gasteiger partial charge < -0.3 is 4.90 Å². The van der Waals surface area contributed by atoms with E-state index in [4.69, 9.17) is 0 Å². The van der Waals surface area contributed by atoms with Crippen molar-refractivity contribution in [1.82, 2.24) is 24.5 Å². The summed E-state index contributed by atoms with van der Waals surface area (Å²) in [7, 11) is 0. The molecule has 1 aliphatic heterocycles. The highest BCUT2D eigenvalue weighted by Crippen LogP contribution is 2.37. The van der Waals surface area contributed by atoms with E-state index < -0.39 is 0 Å². The summed E-state index contributed by atoms with van der Waals surface area (Å²) in [5.41, 5.74) is 2.15. The average molecular weight is 341 g/mol. The number of likely N-dealkylation sites (tertiary alicyclic amines) is 1. The van der Waals surface area contributed by atoms with Crippen molar-refractivity contribution in [3.8, 4) is 0 Å². The van der Waals surface area contributed by atoms with Gasteiger partial charge in [0.25, 0.3) is 5.91 Å². The summed E-state index contributed by atoms with van der Waals surface area (Å²) in [6.07, 6.45) is 7.21. The van der Waals surface area contributed by atoms with Crippen molar-refractivity contribution in [1.29, 1.82) is 0 Å². The molecule has 124 valence electrons. The van der Waals surface area contributed by atoms with E-state index in [9.17, 15) is 4.79 Å². The second kappa shape index (κ2) is 5.24. The van der Waals surface area contributed by atoms with Crippen molar-refractivity contribution < 1.29 is 4.79 Å². The molecule has 7 heteroatoms. The number of rotatable bonds is 1. The second-order valence-corrected chi connectivity index (χ2v) is 8.04. The van der Waals surface area contributed by atoms with Gasteiger partial charge in [-0.15, -0.1) is 16.4 Å². The molecule has 6 nitrogen and oxygen atoms in total. The molecule has 24 heavy (non-hydrogen) atoms. The lowest BCUT2D eigenvalue weighted by molar-refractivity contribution is 0.0685. The zero-order chi connectivity index (χ0) is 16.3. The Morgan fingerprint density at radius 3 is 2.96 bits per heavy atom. The molecule has 0 radical (unpaired) electrons. The minimum atomic E-state index is -0.0503. The van der Waals surface area contributed by atoms with Gasteiger partial charge in [-0.1, -0.05) is 6.92 Å². The lowest BCUT2D eigenvalue weighted by Crippen LogP contribution is -2.38. The Balaban J connectivity index is 1.58. The Morgan fingerprint density at radius 2 is 2.12 bits per heavy atom. The standard InChI is InChI=1S/C17H19N5OS/c1-10-5-7-21(8-6-10)17(23)14-19-15-13-11-3-2-4-12(11)24-16(13)18-9-22(15)20-14/h9-10H,2-8H2,1H3. The first kappa shape index (κ1) is 14.3. The van der Waals surface area contributed by atoms with Crippen LogP contribution < -0.4 is 0 Å². The van der Waals surface area contributed by atoms with E-state index in [1.165, 1.54) is 16.9 Å². The van der Waals surface area contributed by atoms with Crippen LogP contribution in [-0.4, -0.2) is 43.5 Å². The van der Waals surface area contributed by atoms with E-state index in [-0.39, 0.29) is 5.91 Å². The highest BCUT2D eigenvalue weighted by Gasteiger charge is 2.26. The third kappa shape index (κ3) is 2.07. The number of fused-ring (bicyclic) bond motifs is 5. The van der Waals surface area contributed by atoms with Crippen LogP contribution in [0, 0.1) is 5.92 Å². The molecule has 3 aromatic heterocycles. The number of carbonyl (C=O) groups is 1. The van der Waals surface area contributed by atoms with Gasteiger partial charge in [0.05, 0.1) is 5.39 Å². The van der Waals surface area contributed by atoms with Crippen molar-refractivity contribution in [3.63, 3.8) is 0 Å². The number of thiophene rings is 1. The maximum atomic E-state index is 12.8. The lowest BCUT2D eigenvalue weighted by Gasteiger charge is -2.29. The van der Waals surface area contributed by atoms with Gasteiger partial charge in [-0.25, -0.2) is 14.5 Å². The molecule has 0 N–H and O–H groups in total. The van der Waals surface area contributed by atoms with Gasteiger partial charge >= 0.3 is 0 Å². The Hall–Kier alpha value is -2.02. The fraction of sp³-hybridized carbons (Fsp3) is 0.529. The molecule has 0 atom stereocenters. The molecule has 0 spiro atoms. The van der Waals surface area contributed by atoms with Crippen LogP contribution in [0.3, 0.4) is 0 Å². The molecule has 1 fully saturated rings. The average Bonchev–Trinajstić information content (AvgIpc) is 3.27. The Kier molecular flexibility index (Phi) is 3.13. The number of hydrogen-bond donors (Lipinski definition) is 0. The fourth-order valence-corrected chi connectivity index (χ4v) is 5.06. The predicted molar refractivity (Wildman–Crippen MR) is 92.5 cm³/mol. The van der Waals surface area contributed by atoms with E-state index in [0.29, 0.717) is 11.7 Å². The molecular weight excluding hydrogens is 322 g/mol. The number of piperidine rings is 1. The fourth-order valence-electron chi connectivity index (χ4n) is 3.84. The Labute approximate surface area is 143 Å². The monoisotopic (exact) mass is 341 g/mol. The van der Waals surface area contributed by atoms with Crippen LogP contribution in [0.2, 0.25) is 0 Å². The molecule has 0 unspecified atom stereocenters. The first-order valence-corrected chi connectivity index (χ1v) is 9.47. The number of aryl methyl sites for hydroxylation is 2. The van der Waals surface area contributed by atoms with Gasteiger partial charge in [0, 0.05) is 18.0 Å². The quantitative estimate of drug-likeness (QED) is 0.683. The largest absolute Gasteiger partial charge is 0.336 e. The number of aromatic nitrogens is 4. The van der Waals surface area contributed by atoms with Crippen molar-refractivity contribution in [2.24, 2.45) is 5.92 Å². The third-order valence-corrected chi connectivity index (χ3v) is 6.50. The molecule has 5 rings (SSSR count). The molecule has 1 saturated heterocycles. The molecule has 1 amide bonds. The topological polar surface area (TPSA) is 63.4 Å². The molecule has 0 aromatic carbocycles. The molecule has 3 aromatic rings. The number of amides is 1. The summed E-state index contributed by atoms with van der Waals surface area (Å²) < 4.78 is 1.67. The van der Waals surface area contributed by atoms with Crippen LogP contribution in [0.4, 0.5) is 0 Å². The summed E-state index contributed by atoms with van der Waals surface area (Å²) >= 11 is 1.76. The van der Waals surface area contributed by atoms with Crippen molar-refractivity contribution in [2.75, 3.05) is 13.1 Å². The van der Waals surface area contributed by atoms with E-state index >= 15 is 0 Å². The van der Waals surface area contributed by atoms with Gasteiger partial charge in [0.2, 0.25) is 5.82 Å². The Morgan fingerprint density at radius 1 is 1.29 bits per heavy atom. The smallest absolute Gasteiger partial charge is 0.293 e. The molecular formula is C17H19N5OS. The summed E-state index contributed by atoms with van der Waals surface area (Å²) in [6.45, 7) is 3.85. The minimum Gasteiger partial charge on any atom is -0.336 e. The summed E-state index contributed by atoms with van der Waals surface area (Å²) in [6, 6.07) is 0. The van der Waals surface area contributed by atoms with E-state index in [1.807, 2.05) is 4.90 Å². The van der Waals surface area contributed by atoms with Crippen LogP contribution in [0.15, 0.2) is 6.33 Å². The second-order valence-electron chi connectivity index (χ2n) is 6.96. The first-order chi connectivity index (χ1) is 11.7. The Bertz CT molecular complexity index is 951. The molecule has 0 bridgehead atoms. The van der Waals surface area contributed by atoms with Crippen LogP contribution in [0.5, 0.6) is 0 Å². The van der Waals surface area contributed by atoms with Crippen LogP contribution in [0.25, 0.3) is 15.9 Å². The molecule has 1 aliphatic carbocycles. The van der Waals surface area contributed by atoms with E-state index in [0.717, 1.165) is 54.6 Å². The van der Waals surface area contributed by atoms with E-state index in [2.05, 4.69) is 22.0 Å². The summed E-state index contributed by atoms with van der Waals surface area (Å²) in [5.74, 6) is 0.947. The normalized spacial score (nSPS) is 18.6. The number of carbonyl (C=O) groups excluding carboxylic acids is 1. The predicted octanol–water partition coefficient (Wildman–Crippen LogP) is 2.70. The number of nitrogens with zero attached hydrogens (tertiary/aromatic N) is 5. The zero-order valence-electron chi connectivity index (χ0n) is 13.7. The maximum absolute atomic E-state index is 12.8. The van der Waals surface area contributed by atoms with Crippen LogP contribution in [0.1, 0.15) is 47.2 Å². The molecule has 4 heterocycles. The van der Waals surface area contributed by atoms with Gasteiger partial charge in [-0.05, 0) is 43.6 Å². The number of hydrogen-bond acceptors (Lipinski definition) is 5. The summed E-state index contributed by atoms with van der Waals surface area (Å²) in [5, 5.41) is 5.52. The molecule has 2 aliphatic rings. The lowest BCUT2D eigenvalue weighted by atomic mass is 9.99. The SMILES string of the molecule is CC1CCN(C(=O)c2nc3c4c5c(sc4ncn3n2)CCC5)CC1. The highest BCUT2D eigenvalue weighted by atomic mass is 32.1. The zero-order valence-corrected chi connectivity index (χ0v) is 14.5. The maximum Gasteiger partial charge on any atom is 0.293 e. The van der Waals surface area contributed by atoms with Crippen LogP contribution in [-0.2, 0) is 12.8 Å². The highest BCUT2D eigenvalue weighted by molar-refractivity contribution is 7.19. The molecule has 0 saturated carbocycles. The van der Waals surface area contributed by atoms with Crippen molar-refractivity contribution >= 4 is 33.1 Å². The first-order valence-electron chi connectivity index (χ1n) is 8.65. The van der Waals surface area contributed by atoms with E-state index in [1.54, 1.807) is 22.2 Å². The van der Waals surface area contributed by atoms with Crippen molar-refractivity contribution in [2.45, 2.75) is 39.0 Å². The van der Waals surface area contributed by atoms with Gasteiger partial charge in [-0.2, -0.15) is 0 Å².